The van der Waals surface area contributed by atoms with Crippen LogP contribution >= 0.6 is 0 Å². The number of hydrogen-bond acceptors (Lipinski definition) is 7. The molecule has 1 aromatic heterocycles. The van der Waals surface area contributed by atoms with Gasteiger partial charge in [0.2, 0.25) is 0 Å². The summed E-state index contributed by atoms with van der Waals surface area (Å²) in [4.78, 5) is 38.5. The molecule has 34 heavy (non-hydrogen) atoms. The molecule has 0 radical (unpaired) electrons. The van der Waals surface area contributed by atoms with Crippen LogP contribution in [0.15, 0.2) is 40.1 Å². The minimum absolute atomic E-state index is 0.0219. The largest absolute Gasteiger partial charge is 0.497 e. The van der Waals surface area contributed by atoms with Crippen molar-refractivity contribution in [2.75, 3.05) is 20.3 Å². The summed E-state index contributed by atoms with van der Waals surface area (Å²) in [5.74, 6) is 4.36. The molecule has 182 valence electrons. The highest BCUT2D eigenvalue weighted by Crippen LogP contribution is 2.32. The van der Waals surface area contributed by atoms with Gasteiger partial charge in [-0.2, -0.15) is 17.7 Å². The first-order chi connectivity index (χ1) is 16.1. The van der Waals surface area contributed by atoms with Crippen molar-refractivity contribution in [2.24, 2.45) is 0 Å². The molecule has 0 spiro atoms. The summed E-state index contributed by atoms with van der Waals surface area (Å²) in [5.41, 5.74) is -5.06. The Balaban J connectivity index is 2.09. The van der Waals surface area contributed by atoms with Crippen molar-refractivity contribution in [2.45, 2.75) is 38.0 Å². The predicted octanol–water partition coefficient (Wildman–Crippen LogP) is 1.41. The number of ether oxygens (including phenoxy) is 3. The average molecular weight is 482 g/mol. The van der Waals surface area contributed by atoms with Crippen LogP contribution in [0.25, 0.3) is 0 Å². The minimum atomic E-state index is -5.16. The van der Waals surface area contributed by atoms with E-state index in [9.17, 15) is 32.7 Å². The molecule has 1 saturated heterocycles. The zero-order valence-electron chi connectivity index (χ0n) is 18.2. The lowest BCUT2D eigenvalue weighted by atomic mass is 10.2. The van der Waals surface area contributed by atoms with Crippen LogP contribution in [-0.4, -0.2) is 52.7 Å². The summed E-state index contributed by atoms with van der Waals surface area (Å²) >= 11 is 0. The molecule has 1 aromatic carbocycles. The van der Waals surface area contributed by atoms with E-state index in [2.05, 4.69) is 11.8 Å². The first-order valence-corrected chi connectivity index (χ1v) is 10.0. The standard InChI is InChI=1S/C22H21F3N2O7/c1-3-4-9-33-16-10-18(34-17(16)12-28)26-11-15(22(23,24)25)20(30)27(21(26)31)19(29)13-5-7-14(32-2)8-6-13/h5-8,11,16-18,28H,9-10,12H2,1-2H3/t16-,17+,18+/m0/s1. The van der Waals surface area contributed by atoms with Crippen molar-refractivity contribution in [3.05, 3.63) is 62.4 Å². The molecule has 0 saturated carbocycles. The molecule has 2 heterocycles. The lowest BCUT2D eigenvalue weighted by molar-refractivity contribution is -0.139. The monoisotopic (exact) mass is 482 g/mol. The van der Waals surface area contributed by atoms with Crippen LogP contribution in [0.4, 0.5) is 13.2 Å². The Morgan fingerprint density at radius 3 is 2.50 bits per heavy atom. The Labute approximate surface area is 191 Å². The van der Waals surface area contributed by atoms with Gasteiger partial charge in [-0.1, -0.05) is 5.92 Å². The number of nitrogens with zero attached hydrogens (tertiary/aromatic N) is 2. The number of aliphatic hydroxyl groups is 1. The first-order valence-electron chi connectivity index (χ1n) is 10.0. The molecular formula is C22H21F3N2O7. The minimum Gasteiger partial charge on any atom is -0.497 e. The summed E-state index contributed by atoms with van der Waals surface area (Å²) in [5, 5.41) is 9.56. The molecular weight excluding hydrogens is 461 g/mol. The number of alkyl halides is 3. The van der Waals surface area contributed by atoms with E-state index in [1.807, 2.05) is 0 Å². The number of carbonyl (C=O) groups is 1. The molecule has 3 atom stereocenters. The van der Waals surface area contributed by atoms with Crippen LogP contribution in [0.3, 0.4) is 0 Å². The average Bonchev–Trinajstić information content (AvgIpc) is 3.21. The third kappa shape index (κ3) is 5.06. The summed E-state index contributed by atoms with van der Waals surface area (Å²) in [6, 6.07) is 5.14. The fourth-order valence-electron chi connectivity index (χ4n) is 3.45. The molecule has 12 heteroatoms. The topological polar surface area (TPSA) is 109 Å². The molecule has 1 aliphatic heterocycles. The zero-order valence-corrected chi connectivity index (χ0v) is 18.2. The van der Waals surface area contributed by atoms with E-state index in [0.29, 0.717) is 16.5 Å². The van der Waals surface area contributed by atoms with E-state index in [1.54, 1.807) is 6.92 Å². The van der Waals surface area contributed by atoms with Crippen LogP contribution in [0.1, 0.15) is 35.5 Å². The number of carbonyl (C=O) groups excluding carboxylic acids is 1. The number of hydrogen-bond donors (Lipinski definition) is 1. The van der Waals surface area contributed by atoms with Crippen molar-refractivity contribution < 1.29 is 37.3 Å². The summed E-state index contributed by atoms with van der Waals surface area (Å²) in [6.45, 7) is 1.03. The second kappa shape index (κ2) is 10.3. The third-order valence-corrected chi connectivity index (χ3v) is 5.18. The second-order valence-electron chi connectivity index (χ2n) is 7.23. The van der Waals surface area contributed by atoms with Gasteiger partial charge in [-0.3, -0.25) is 14.2 Å². The van der Waals surface area contributed by atoms with Gasteiger partial charge in [0.15, 0.2) is 0 Å². The lowest BCUT2D eigenvalue weighted by Gasteiger charge is -2.18. The molecule has 3 rings (SSSR count). The predicted molar refractivity (Wildman–Crippen MR) is 111 cm³/mol. The van der Waals surface area contributed by atoms with Gasteiger partial charge in [0, 0.05) is 18.2 Å². The van der Waals surface area contributed by atoms with Crippen molar-refractivity contribution >= 4 is 5.91 Å². The van der Waals surface area contributed by atoms with E-state index in [4.69, 9.17) is 14.2 Å². The van der Waals surface area contributed by atoms with Crippen LogP contribution in [0.2, 0.25) is 0 Å². The first kappa shape index (κ1) is 25.2. The fourth-order valence-corrected chi connectivity index (χ4v) is 3.45. The SMILES string of the molecule is CC#CCO[C@H]1C[C@H](n2cc(C(F)(F)F)c(=O)n(C(=O)c3ccc(OC)cc3)c2=O)O[C@@H]1CO. The number of aromatic nitrogens is 2. The van der Waals surface area contributed by atoms with Gasteiger partial charge in [0.25, 0.3) is 11.5 Å². The van der Waals surface area contributed by atoms with Crippen molar-refractivity contribution in [1.82, 2.24) is 9.13 Å². The summed E-state index contributed by atoms with van der Waals surface area (Å²) in [7, 11) is 1.37. The molecule has 0 bridgehead atoms. The Kier molecular flexibility index (Phi) is 7.61. The number of methoxy groups -OCH3 is 1. The zero-order chi connectivity index (χ0) is 25.0. The fraction of sp³-hybridized carbons (Fsp3) is 0.409. The van der Waals surface area contributed by atoms with Crippen LogP contribution in [0, 0.1) is 11.8 Å². The quantitative estimate of drug-likeness (QED) is 0.621. The molecule has 0 aliphatic carbocycles. The highest BCUT2D eigenvalue weighted by atomic mass is 19.4. The van der Waals surface area contributed by atoms with Crippen LogP contribution in [0.5, 0.6) is 5.75 Å². The van der Waals surface area contributed by atoms with Gasteiger partial charge in [-0.15, -0.1) is 5.92 Å². The van der Waals surface area contributed by atoms with Gasteiger partial charge in [0.1, 0.15) is 30.3 Å². The van der Waals surface area contributed by atoms with Crippen LogP contribution < -0.4 is 16.0 Å². The maximum atomic E-state index is 13.6. The van der Waals surface area contributed by atoms with E-state index >= 15 is 0 Å². The molecule has 1 N–H and O–H groups in total. The van der Waals surface area contributed by atoms with Gasteiger partial charge in [0.05, 0.1) is 19.8 Å². The maximum Gasteiger partial charge on any atom is 0.423 e. The maximum absolute atomic E-state index is 13.6. The smallest absolute Gasteiger partial charge is 0.423 e. The number of aliphatic hydroxyl groups excluding tert-OH is 1. The molecule has 0 unspecified atom stereocenters. The molecule has 1 fully saturated rings. The molecule has 9 nitrogen and oxygen atoms in total. The van der Waals surface area contributed by atoms with Crippen molar-refractivity contribution in [1.29, 1.82) is 0 Å². The Morgan fingerprint density at radius 1 is 1.26 bits per heavy atom. The normalized spacial score (nSPS) is 20.0. The number of benzene rings is 1. The van der Waals surface area contributed by atoms with E-state index < -0.39 is 53.9 Å². The second-order valence-corrected chi connectivity index (χ2v) is 7.23. The molecule has 0 amide bonds. The summed E-state index contributed by atoms with van der Waals surface area (Å²) < 4.78 is 57.3. The molecule has 2 aromatic rings. The Morgan fingerprint density at radius 2 is 1.94 bits per heavy atom. The van der Waals surface area contributed by atoms with Crippen LogP contribution in [-0.2, 0) is 15.7 Å². The van der Waals surface area contributed by atoms with Gasteiger partial charge < -0.3 is 19.3 Å². The van der Waals surface area contributed by atoms with E-state index in [0.717, 1.165) is 0 Å². The molecule has 1 aliphatic rings. The van der Waals surface area contributed by atoms with Gasteiger partial charge in [-0.05, 0) is 31.2 Å². The lowest BCUT2D eigenvalue weighted by Crippen LogP contribution is -2.47. The van der Waals surface area contributed by atoms with Gasteiger partial charge >= 0.3 is 11.9 Å². The number of rotatable bonds is 6. The van der Waals surface area contributed by atoms with E-state index in [-0.39, 0.29) is 23.2 Å². The van der Waals surface area contributed by atoms with Crippen molar-refractivity contribution in [3.63, 3.8) is 0 Å². The highest BCUT2D eigenvalue weighted by Gasteiger charge is 2.41. The van der Waals surface area contributed by atoms with E-state index in [1.165, 1.54) is 31.4 Å². The third-order valence-electron chi connectivity index (χ3n) is 5.18. The highest BCUT2D eigenvalue weighted by molar-refractivity contribution is 5.95. The Hall–Kier alpha value is -3.40. The Bertz CT molecular complexity index is 1220. The van der Waals surface area contributed by atoms with Crippen molar-refractivity contribution in [3.8, 4) is 17.6 Å². The summed E-state index contributed by atoms with van der Waals surface area (Å²) in [6.07, 6.45) is -8.03. The number of halogens is 3. The van der Waals surface area contributed by atoms with Gasteiger partial charge in [-0.25, -0.2) is 4.79 Å².